The van der Waals surface area contributed by atoms with Gasteiger partial charge < -0.3 is 10.6 Å². The molecule has 6 heteroatoms. The fourth-order valence-corrected chi connectivity index (χ4v) is 2.53. The molecule has 22 heavy (non-hydrogen) atoms. The predicted octanol–water partition coefficient (Wildman–Crippen LogP) is 3.14. The van der Waals surface area contributed by atoms with E-state index in [0.29, 0.717) is 24.3 Å². The van der Waals surface area contributed by atoms with Crippen LogP contribution in [0.25, 0.3) is 0 Å². The van der Waals surface area contributed by atoms with Gasteiger partial charge in [-0.3, -0.25) is 4.79 Å². The molecule has 0 saturated heterocycles. The fraction of sp³-hybridized carbons (Fsp3) is 0.125. The summed E-state index contributed by atoms with van der Waals surface area (Å²) in [4.78, 5) is 12.0. The molecule has 0 unspecified atom stereocenters. The van der Waals surface area contributed by atoms with E-state index < -0.39 is 5.82 Å². The van der Waals surface area contributed by atoms with Crippen molar-refractivity contribution < 1.29 is 9.18 Å². The molecule has 0 spiro atoms. The molecule has 4 nitrogen and oxygen atoms in total. The highest BCUT2D eigenvalue weighted by Crippen LogP contribution is 2.17. The van der Waals surface area contributed by atoms with Crippen molar-refractivity contribution in [3.8, 4) is 6.07 Å². The Morgan fingerprint density at radius 1 is 1.18 bits per heavy atom. The lowest BCUT2D eigenvalue weighted by atomic mass is 10.2. The van der Waals surface area contributed by atoms with Crippen LogP contribution in [0.15, 0.2) is 42.5 Å². The predicted molar refractivity (Wildman–Crippen MR) is 91.1 cm³/mol. The number of carbonyl (C=O) groups excluding carboxylic acids is 1. The van der Waals surface area contributed by atoms with Crippen LogP contribution in [0.1, 0.15) is 15.9 Å². The molecule has 2 aromatic carbocycles. The first-order chi connectivity index (χ1) is 10.6. The van der Waals surface area contributed by atoms with Crippen molar-refractivity contribution in [1.82, 2.24) is 5.32 Å². The number of nitriles is 1. The van der Waals surface area contributed by atoms with Crippen LogP contribution in [0.3, 0.4) is 0 Å². The van der Waals surface area contributed by atoms with Crippen molar-refractivity contribution in [2.24, 2.45) is 0 Å². The van der Waals surface area contributed by atoms with Crippen molar-refractivity contribution in [3.63, 3.8) is 0 Å². The molecule has 2 rings (SSSR count). The van der Waals surface area contributed by atoms with Gasteiger partial charge in [0.15, 0.2) is 0 Å². The molecule has 0 bridgehead atoms. The van der Waals surface area contributed by atoms with Crippen LogP contribution in [0.2, 0.25) is 0 Å². The van der Waals surface area contributed by atoms with Crippen molar-refractivity contribution >= 4 is 34.2 Å². The van der Waals surface area contributed by atoms with Gasteiger partial charge in [-0.2, -0.15) is 5.26 Å². The Morgan fingerprint density at radius 3 is 2.68 bits per heavy atom. The highest BCUT2D eigenvalue weighted by Gasteiger charge is 2.09. The van der Waals surface area contributed by atoms with Crippen molar-refractivity contribution in [1.29, 1.82) is 5.26 Å². The van der Waals surface area contributed by atoms with Crippen molar-refractivity contribution in [3.05, 3.63) is 63.0 Å². The number of nitrogens with zero attached hydrogens (tertiary/aromatic N) is 1. The summed E-state index contributed by atoms with van der Waals surface area (Å²) in [5.41, 5.74) is 1.02. The Kier molecular flexibility index (Phi) is 5.72. The lowest BCUT2D eigenvalue weighted by Gasteiger charge is -2.10. The first-order valence-electron chi connectivity index (χ1n) is 6.58. The molecule has 1 amide bonds. The van der Waals surface area contributed by atoms with Gasteiger partial charge in [0.1, 0.15) is 17.4 Å². The normalized spacial score (nSPS) is 9.86. The zero-order valence-electron chi connectivity index (χ0n) is 11.6. The Morgan fingerprint density at radius 2 is 1.95 bits per heavy atom. The number of nitrogens with one attached hydrogen (secondary N) is 2. The third-order valence-corrected chi connectivity index (χ3v) is 3.91. The summed E-state index contributed by atoms with van der Waals surface area (Å²) in [6, 6.07) is 13.5. The van der Waals surface area contributed by atoms with Crippen LogP contribution in [-0.4, -0.2) is 19.0 Å². The maximum Gasteiger partial charge on any atom is 0.252 e. The second-order valence-corrected chi connectivity index (χ2v) is 5.60. The summed E-state index contributed by atoms with van der Waals surface area (Å²) in [5, 5.41) is 14.6. The lowest BCUT2D eigenvalue weighted by molar-refractivity contribution is 0.0954. The molecule has 112 valence electrons. The zero-order chi connectivity index (χ0) is 15.9. The van der Waals surface area contributed by atoms with Crippen LogP contribution in [0.5, 0.6) is 0 Å². The second-order valence-electron chi connectivity index (χ2n) is 4.44. The van der Waals surface area contributed by atoms with Gasteiger partial charge in [-0.15, -0.1) is 0 Å². The SMILES string of the molecule is N#Cc1c(F)cccc1NCCNC(=O)c1ccccc1I. The number of rotatable bonds is 5. The Bertz CT molecular complexity index is 728. The van der Waals surface area contributed by atoms with E-state index in [1.807, 2.05) is 18.2 Å². The van der Waals surface area contributed by atoms with Crippen LogP contribution in [0.4, 0.5) is 10.1 Å². The lowest BCUT2D eigenvalue weighted by Crippen LogP contribution is -2.29. The molecule has 0 heterocycles. The van der Waals surface area contributed by atoms with Crippen molar-refractivity contribution in [2.75, 3.05) is 18.4 Å². The van der Waals surface area contributed by atoms with Gasteiger partial charge in [-0.1, -0.05) is 18.2 Å². The highest BCUT2D eigenvalue weighted by atomic mass is 127. The minimum absolute atomic E-state index is 0.0218. The van der Waals surface area contributed by atoms with Gasteiger partial charge in [0.2, 0.25) is 0 Å². The third kappa shape index (κ3) is 3.95. The number of benzene rings is 2. The van der Waals surface area contributed by atoms with E-state index in [1.54, 1.807) is 18.2 Å². The number of hydrogen-bond acceptors (Lipinski definition) is 3. The Hall–Kier alpha value is -2.14. The summed E-state index contributed by atoms with van der Waals surface area (Å²) >= 11 is 2.10. The van der Waals surface area contributed by atoms with E-state index in [2.05, 4.69) is 33.2 Å². The van der Waals surface area contributed by atoms with Crippen LogP contribution in [-0.2, 0) is 0 Å². The molecular weight excluding hydrogens is 396 g/mol. The van der Waals surface area contributed by atoms with E-state index >= 15 is 0 Å². The molecule has 0 fully saturated rings. The van der Waals surface area contributed by atoms with Gasteiger partial charge in [0, 0.05) is 16.7 Å². The van der Waals surface area contributed by atoms with Gasteiger partial charge in [0.25, 0.3) is 5.91 Å². The van der Waals surface area contributed by atoms with Gasteiger partial charge in [-0.25, -0.2) is 4.39 Å². The van der Waals surface area contributed by atoms with Crippen molar-refractivity contribution in [2.45, 2.75) is 0 Å². The molecule has 0 atom stereocenters. The second kappa shape index (κ2) is 7.75. The number of halogens is 2. The quantitative estimate of drug-likeness (QED) is 0.589. The maximum absolute atomic E-state index is 13.4. The fourth-order valence-electron chi connectivity index (χ4n) is 1.90. The summed E-state index contributed by atoms with van der Waals surface area (Å²) < 4.78 is 14.3. The van der Waals surface area contributed by atoms with E-state index in [4.69, 9.17) is 5.26 Å². The topological polar surface area (TPSA) is 64.9 Å². The first kappa shape index (κ1) is 16.2. The average Bonchev–Trinajstić information content (AvgIpc) is 2.52. The number of anilines is 1. The van der Waals surface area contributed by atoms with E-state index in [1.165, 1.54) is 12.1 Å². The minimum atomic E-state index is -0.560. The number of amides is 1. The molecule has 0 radical (unpaired) electrons. The van der Waals surface area contributed by atoms with Crippen LogP contribution >= 0.6 is 22.6 Å². The maximum atomic E-state index is 13.4. The van der Waals surface area contributed by atoms with Crippen LogP contribution < -0.4 is 10.6 Å². The molecule has 2 N–H and O–H groups in total. The van der Waals surface area contributed by atoms with Gasteiger partial charge in [-0.05, 0) is 46.9 Å². The zero-order valence-corrected chi connectivity index (χ0v) is 13.7. The van der Waals surface area contributed by atoms with Gasteiger partial charge in [0.05, 0.1) is 11.3 Å². The molecule has 2 aromatic rings. The van der Waals surface area contributed by atoms with Crippen LogP contribution in [0, 0.1) is 20.7 Å². The average molecular weight is 409 g/mol. The summed E-state index contributed by atoms with van der Waals surface area (Å²) in [6.45, 7) is 0.762. The summed E-state index contributed by atoms with van der Waals surface area (Å²) in [5.74, 6) is -0.720. The van der Waals surface area contributed by atoms with E-state index in [9.17, 15) is 9.18 Å². The summed E-state index contributed by atoms with van der Waals surface area (Å²) in [6.07, 6.45) is 0. The Labute approximate surface area is 141 Å². The monoisotopic (exact) mass is 409 g/mol. The molecule has 0 aliphatic carbocycles. The van der Waals surface area contributed by atoms with Gasteiger partial charge >= 0.3 is 0 Å². The molecule has 0 aliphatic rings. The molecule has 0 saturated carbocycles. The largest absolute Gasteiger partial charge is 0.382 e. The first-order valence-corrected chi connectivity index (χ1v) is 7.66. The number of hydrogen-bond donors (Lipinski definition) is 2. The Balaban J connectivity index is 1.88. The minimum Gasteiger partial charge on any atom is -0.382 e. The van der Waals surface area contributed by atoms with E-state index in [-0.39, 0.29) is 11.5 Å². The number of carbonyl (C=O) groups is 1. The van der Waals surface area contributed by atoms with E-state index in [0.717, 1.165) is 3.57 Å². The standard InChI is InChI=1S/C16H13FIN3O/c17-13-5-3-7-15(12(13)10-19)20-8-9-21-16(22)11-4-1-2-6-14(11)18/h1-7,20H,8-9H2,(H,21,22). The molecule has 0 aromatic heterocycles. The molecule has 0 aliphatic heterocycles. The smallest absolute Gasteiger partial charge is 0.252 e. The third-order valence-electron chi connectivity index (χ3n) is 2.97. The highest BCUT2D eigenvalue weighted by molar-refractivity contribution is 14.1. The summed E-state index contributed by atoms with van der Waals surface area (Å²) in [7, 11) is 0. The molecular formula is C16H13FIN3O.